The van der Waals surface area contributed by atoms with Gasteiger partial charge >= 0.3 is 11.9 Å². The fourth-order valence-corrected chi connectivity index (χ4v) is 5.78. The predicted molar refractivity (Wildman–Crippen MR) is 137 cm³/mol. The first-order valence-electron chi connectivity index (χ1n) is 13.0. The molecule has 0 bridgehead atoms. The van der Waals surface area contributed by atoms with Gasteiger partial charge in [0.05, 0.1) is 11.8 Å². The van der Waals surface area contributed by atoms with Crippen molar-refractivity contribution in [1.29, 1.82) is 0 Å². The van der Waals surface area contributed by atoms with Gasteiger partial charge in [-0.1, -0.05) is 48.5 Å². The highest BCUT2D eigenvalue weighted by Gasteiger charge is 2.31. The highest BCUT2D eigenvalue weighted by Crippen LogP contribution is 2.26. The van der Waals surface area contributed by atoms with Gasteiger partial charge in [0.1, 0.15) is 0 Å². The lowest BCUT2D eigenvalue weighted by Gasteiger charge is -2.19. The van der Waals surface area contributed by atoms with Gasteiger partial charge in [-0.25, -0.2) is 0 Å². The first kappa shape index (κ1) is 25.4. The number of benzene rings is 2. The predicted octanol–water partition coefficient (Wildman–Crippen LogP) is 3.57. The van der Waals surface area contributed by atoms with E-state index < -0.39 is 11.9 Å². The highest BCUT2D eigenvalue weighted by atomic mass is 16.4. The molecule has 2 aliphatic rings. The smallest absolute Gasteiger partial charge is 0.307 e. The molecule has 0 amide bonds. The van der Waals surface area contributed by atoms with E-state index in [-0.39, 0.29) is 23.7 Å². The highest BCUT2D eigenvalue weighted by molar-refractivity contribution is 5.71. The van der Waals surface area contributed by atoms with Crippen molar-refractivity contribution in [1.82, 2.24) is 10.6 Å². The van der Waals surface area contributed by atoms with Crippen molar-refractivity contribution in [3.63, 3.8) is 0 Å². The topological polar surface area (TPSA) is 98.7 Å². The molecule has 4 unspecified atom stereocenters. The molecule has 0 spiro atoms. The van der Waals surface area contributed by atoms with Crippen molar-refractivity contribution in [3.05, 3.63) is 70.8 Å². The summed E-state index contributed by atoms with van der Waals surface area (Å²) in [5.41, 5.74) is 4.69. The Labute approximate surface area is 208 Å². The second-order valence-corrected chi connectivity index (χ2v) is 10.3. The Kier molecular flexibility index (Phi) is 8.94. The third-order valence-electron chi connectivity index (χ3n) is 7.79. The maximum absolute atomic E-state index is 11.8. The van der Waals surface area contributed by atoms with Gasteiger partial charge in [0.2, 0.25) is 0 Å². The van der Waals surface area contributed by atoms with E-state index in [0.29, 0.717) is 12.8 Å². The van der Waals surface area contributed by atoms with Crippen LogP contribution in [-0.4, -0.2) is 48.3 Å². The van der Waals surface area contributed by atoms with Gasteiger partial charge in [-0.05, 0) is 105 Å². The number of aliphatic carboxylic acids is 2. The summed E-state index contributed by atoms with van der Waals surface area (Å²) in [6, 6.07) is 16.8. The molecule has 2 aliphatic heterocycles. The van der Waals surface area contributed by atoms with Crippen molar-refractivity contribution < 1.29 is 19.8 Å². The van der Waals surface area contributed by atoms with E-state index in [0.717, 1.165) is 69.4 Å². The maximum Gasteiger partial charge on any atom is 0.307 e. The number of nitrogens with one attached hydrogen (secondary N) is 2. The average molecular weight is 479 g/mol. The molecule has 4 N–H and O–H groups in total. The van der Waals surface area contributed by atoms with Crippen LogP contribution >= 0.6 is 0 Å². The Morgan fingerprint density at radius 3 is 1.54 bits per heavy atom. The zero-order valence-electron chi connectivity index (χ0n) is 20.4. The van der Waals surface area contributed by atoms with E-state index in [1.807, 2.05) is 24.3 Å². The van der Waals surface area contributed by atoms with E-state index in [1.54, 1.807) is 0 Å². The van der Waals surface area contributed by atoms with Crippen LogP contribution < -0.4 is 10.6 Å². The van der Waals surface area contributed by atoms with Gasteiger partial charge < -0.3 is 20.8 Å². The Hall–Kier alpha value is -2.70. The molecular formula is C29H38N2O4. The van der Waals surface area contributed by atoms with E-state index in [9.17, 15) is 19.8 Å². The van der Waals surface area contributed by atoms with Gasteiger partial charge in [-0.15, -0.1) is 0 Å². The van der Waals surface area contributed by atoms with E-state index in [1.165, 1.54) is 11.1 Å². The molecule has 2 saturated heterocycles. The Balaban J connectivity index is 1.31. The number of carbonyl (C=O) groups is 2. The third kappa shape index (κ3) is 7.15. The number of carboxylic acid groups (broad SMARTS) is 2. The summed E-state index contributed by atoms with van der Waals surface area (Å²) >= 11 is 0. The van der Waals surface area contributed by atoms with E-state index in [2.05, 4.69) is 34.9 Å². The minimum absolute atomic E-state index is 0.203. The van der Waals surface area contributed by atoms with Gasteiger partial charge in [0, 0.05) is 0 Å². The SMILES string of the molecule is O=C(O)C(Cc1cccc(CCCc2cccc(CC(C(=O)O)C3CCNC3)c2)c1)C1CCNC1. The quantitative estimate of drug-likeness (QED) is 0.372. The molecule has 6 heteroatoms. The molecule has 6 nitrogen and oxygen atoms in total. The molecule has 4 rings (SSSR count). The molecule has 2 aromatic carbocycles. The van der Waals surface area contributed by atoms with E-state index >= 15 is 0 Å². The van der Waals surface area contributed by atoms with Crippen LogP contribution in [0.3, 0.4) is 0 Å². The van der Waals surface area contributed by atoms with Crippen LogP contribution in [0.15, 0.2) is 48.5 Å². The minimum Gasteiger partial charge on any atom is -0.481 e. The van der Waals surface area contributed by atoms with Crippen molar-refractivity contribution in [2.45, 2.75) is 44.9 Å². The average Bonchev–Trinajstić information content (AvgIpc) is 3.56. The van der Waals surface area contributed by atoms with Gasteiger partial charge in [-0.2, -0.15) is 0 Å². The molecule has 0 aliphatic carbocycles. The lowest BCUT2D eigenvalue weighted by atomic mass is 9.85. The summed E-state index contributed by atoms with van der Waals surface area (Å²) in [7, 11) is 0. The van der Waals surface area contributed by atoms with Crippen LogP contribution in [0.5, 0.6) is 0 Å². The monoisotopic (exact) mass is 478 g/mol. The summed E-state index contributed by atoms with van der Waals surface area (Å²) in [4.78, 5) is 23.7. The molecule has 0 aromatic heterocycles. The standard InChI is InChI=1S/C29H38N2O4/c32-28(33)26(24-10-12-30-18-24)16-22-8-2-6-20(14-22)4-1-5-21-7-3-9-23(15-21)17-27(29(34)35)25-11-13-31-19-25/h2-3,6-9,14-15,24-27,30-31H,1,4-5,10-13,16-19H2,(H,32,33)(H,34,35). The molecule has 2 heterocycles. The van der Waals surface area contributed by atoms with Crippen LogP contribution in [0.4, 0.5) is 0 Å². The van der Waals surface area contributed by atoms with Crippen LogP contribution in [0.25, 0.3) is 0 Å². The van der Waals surface area contributed by atoms with Crippen molar-refractivity contribution in [2.75, 3.05) is 26.2 Å². The molecule has 188 valence electrons. The second-order valence-electron chi connectivity index (χ2n) is 10.3. The zero-order valence-corrected chi connectivity index (χ0v) is 20.4. The number of hydrogen-bond acceptors (Lipinski definition) is 4. The summed E-state index contributed by atoms with van der Waals surface area (Å²) in [6.07, 6.45) is 5.90. The molecule has 2 fully saturated rings. The lowest BCUT2D eigenvalue weighted by molar-refractivity contribution is -0.144. The molecule has 0 saturated carbocycles. The van der Waals surface area contributed by atoms with Gasteiger partial charge in [0.25, 0.3) is 0 Å². The molecule has 4 atom stereocenters. The lowest BCUT2D eigenvalue weighted by Crippen LogP contribution is -2.27. The summed E-state index contributed by atoms with van der Waals surface area (Å²) in [5.74, 6) is -1.66. The molecule has 2 aromatic rings. The molecular weight excluding hydrogens is 440 g/mol. The van der Waals surface area contributed by atoms with Crippen molar-refractivity contribution >= 4 is 11.9 Å². The summed E-state index contributed by atoms with van der Waals surface area (Å²) in [5, 5.41) is 26.0. The third-order valence-corrected chi connectivity index (χ3v) is 7.79. The Morgan fingerprint density at radius 2 is 1.17 bits per heavy atom. The number of rotatable bonds is 12. The van der Waals surface area contributed by atoms with Crippen LogP contribution in [0.2, 0.25) is 0 Å². The Morgan fingerprint density at radius 1 is 0.743 bits per heavy atom. The van der Waals surface area contributed by atoms with Crippen LogP contribution in [0.1, 0.15) is 41.5 Å². The fourth-order valence-electron chi connectivity index (χ4n) is 5.78. The number of aryl methyl sites for hydroxylation is 2. The van der Waals surface area contributed by atoms with Crippen LogP contribution in [-0.2, 0) is 35.3 Å². The largest absolute Gasteiger partial charge is 0.481 e. The zero-order chi connectivity index (χ0) is 24.6. The first-order valence-corrected chi connectivity index (χ1v) is 13.0. The molecule has 35 heavy (non-hydrogen) atoms. The second kappa shape index (κ2) is 12.3. The fraction of sp³-hybridized carbons (Fsp3) is 0.517. The molecule has 0 radical (unpaired) electrons. The summed E-state index contributed by atoms with van der Waals surface area (Å²) in [6.45, 7) is 3.40. The number of carboxylic acids is 2. The Bertz CT molecular complexity index is 916. The van der Waals surface area contributed by atoms with Crippen LogP contribution in [0, 0.1) is 23.7 Å². The maximum atomic E-state index is 11.8. The first-order chi connectivity index (χ1) is 17.0. The van der Waals surface area contributed by atoms with Crippen molar-refractivity contribution in [2.24, 2.45) is 23.7 Å². The minimum atomic E-state index is -0.696. The van der Waals surface area contributed by atoms with Gasteiger partial charge in [0.15, 0.2) is 0 Å². The van der Waals surface area contributed by atoms with Gasteiger partial charge in [-0.3, -0.25) is 9.59 Å². The summed E-state index contributed by atoms with van der Waals surface area (Å²) < 4.78 is 0. The number of hydrogen-bond donors (Lipinski definition) is 4. The normalized spacial score (nSPS) is 21.6. The van der Waals surface area contributed by atoms with Crippen molar-refractivity contribution in [3.8, 4) is 0 Å². The van der Waals surface area contributed by atoms with E-state index in [4.69, 9.17) is 0 Å².